The highest BCUT2D eigenvalue weighted by molar-refractivity contribution is 5.09. The number of hydrogen-bond acceptors (Lipinski definition) is 3. The summed E-state index contributed by atoms with van der Waals surface area (Å²) in [5, 5.41) is 7.53. The van der Waals surface area contributed by atoms with Crippen molar-refractivity contribution < 1.29 is 0 Å². The molecule has 4 heteroatoms. The second kappa shape index (κ2) is 5.59. The Labute approximate surface area is 102 Å². The molecule has 2 aromatic rings. The monoisotopic (exact) mass is 230 g/mol. The van der Waals surface area contributed by atoms with E-state index in [1.807, 2.05) is 49.1 Å². The molecule has 17 heavy (non-hydrogen) atoms. The molecule has 0 aliphatic heterocycles. The van der Waals surface area contributed by atoms with Crippen molar-refractivity contribution in [2.75, 3.05) is 6.54 Å². The lowest BCUT2D eigenvalue weighted by atomic mass is 10.3. The van der Waals surface area contributed by atoms with Crippen LogP contribution in [-0.4, -0.2) is 21.3 Å². The largest absolute Gasteiger partial charge is 0.311 e. The van der Waals surface area contributed by atoms with E-state index in [1.165, 1.54) is 5.69 Å². The predicted octanol–water partition coefficient (Wildman–Crippen LogP) is 1.46. The molecular formula is C13H18N4. The minimum Gasteiger partial charge on any atom is -0.311 e. The number of aryl methyl sites for hydroxylation is 2. The van der Waals surface area contributed by atoms with Crippen LogP contribution < -0.4 is 5.32 Å². The lowest BCUT2D eigenvalue weighted by Gasteiger charge is -2.05. The Hall–Kier alpha value is -1.68. The summed E-state index contributed by atoms with van der Waals surface area (Å²) in [6.45, 7) is 3.77. The first-order valence-corrected chi connectivity index (χ1v) is 5.86. The second-order valence-electron chi connectivity index (χ2n) is 4.14. The first-order chi connectivity index (χ1) is 8.25. The van der Waals surface area contributed by atoms with Gasteiger partial charge in [-0.2, -0.15) is 5.10 Å². The van der Waals surface area contributed by atoms with Gasteiger partial charge >= 0.3 is 0 Å². The Bertz CT molecular complexity index is 476. The maximum Gasteiger partial charge on any atom is 0.0544 e. The summed E-state index contributed by atoms with van der Waals surface area (Å²) < 4.78 is 1.91. The molecule has 2 rings (SSSR count). The van der Waals surface area contributed by atoms with Crippen LogP contribution in [0.15, 0.2) is 30.5 Å². The molecule has 0 unspecified atom stereocenters. The van der Waals surface area contributed by atoms with E-state index < -0.39 is 0 Å². The molecule has 90 valence electrons. The zero-order chi connectivity index (χ0) is 12.1. The van der Waals surface area contributed by atoms with Gasteiger partial charge in [0.1, 0.15) is 0 Å². The van der Waals surface area contributed by atoms with Crippen molar-refractivity contribution >= 4 is 0 Å². The lowest BCUT2D eigenvalue weighted by Crippen LogP contribution is -2.18. The van der Waals surface area contributed by atoms with Crippen molar-refractivity contribution in [2.45, 2.75) is 19.9 Å². The van der Waals surface area contributed by atoms with Crippen molar-refractivity contribution in [3.63, 3.8) is 0 Å². The standard InChI is InChI=1S/C13H18N4/c1-11-4-3-5-12(16-11)10-14-8-6-13-7-9-15-17(13)2/h3-5,7,9,14H,6,8,10H2,1-2H3. The van der Waals surface area contributed by atoms with Gasteiger partial charge in [-0.3, -0.25) is 9.67 Å². The molecule has 0 amide bonds. The molecule has 0 aliphatic carbocycles. The molecule has 0 spiro atoms. The fourth-order valence-corrected chi connectivity index (χ4v) is 1.78. The van der Waals surface area contributed by atoms with Crippen LogP contribution in [0, 0.1) is 6.92 Å². The quantitative estimate of drug-likeness (QED) is 0.791. The van der Waals surface area contributed by atoms with Crippen LogP contribution in [0.4, 0.5) is 0 Å². The highest BCUT2D eigenvalue weighted by Crippen LogP contribution is 1.99. The Morgan fingerprint density at radius 2 is 2.18 bits per heavy atom. The number of pyridine rings is 1. The average molecular weight is 230 g/mol. The number of hydrogen-bond donors (Lipinski definition) is 1. The van der Waals surface area contributed by atoms with Gasteiger partial charge in [-0.05, 0) is 25.1 Å². The molecule has 0 fully saturated rings. The van der Waals surface area contributed by atoms with Crippen molar-refractivity contribution in [1.82, 2.24) is 20.1 Å². The molecule has 0 radical (unpaired) electrons. The van der Waals surface area contributed by atoms with Gasteiger partial charge in [-0.1, -0.05) is 6.07 Å². The molecule has 0 atom stereocenters. The third-order valence-corrected chi connectivity index (χ3v) is 2.73. The van der Waals surface area contributed by atoms with E-state index in [-0.39, 0.29) is 0 Å². The summed E-state index contributed by atoms with van der Waals surface area (Å²) in [6, 6.07) is 8.15. The van der Waals surface area contributed by atoms with Crippen molar-refractivity contribution in [3.05, 3.63) is 47.5 Å². The van der Waals surface area contributed by atoms with Gasteiger partial charge in [0.05, 0.1) is 5.69 Å². The van der Waals surface area contributed by atoms with E-state index in [4.69, 9.17) is 0 Å². The van der Waals surface area contributed by atoms with Gasteiger partial charge in [-0.15, -0.1) is 0 Å². The normalized spacial score (nSPS) is 10.7. The molecule has 4 nitrogen and oxygen atoms in total. The number of nitrogens with one attached hydrogen (secondary N) is 1. The fraction of sp³-hybridized carbons (Fsp3) is 0.385. The molecular weight excluding hydrogens is 212 g/mol. The van der Waals surface area contributed by atoms with Crippen LogP contribution in [0.5, 0.6) is 0 Å². The zero-order valence-corrected chi connectivity index (χ0v) is 10.3. The maximum atomic E-state index is 4.45. The van der Waals surface area contributed by atoms with Crippen LogP contribution in [0.3, 0.4) is 0 Å². The summed E-state index contributed by atoms with van der Waals surface area (Å²) in [7, 11) is 1.97. The number of rotatable bonds is 5. The summed E-state index contributed by atoms with van der Waals surface area (Å²) in [5.41, 5.74) is 3.40. The minimum absolute atomic E-state index is 0.819. The third kappa shape index (κ3) is 3.39. The molecule has 0 aliphatic rings. The Morgan fingerprint density at radius 1 is 1.29 bits per heavy atom. The van der Waals surface area contributed by atoms with E-state index in [9.17, 15) is 0 Å². The minimum atomic E-state index is 0.819. The molecule has 0 bridgehead atoms. The summed E-state index contributed by atoms with van der Waals surface area (Å²) >= 11 is 0. The van der Waals surface area contributed by atoms with Gasteiger partial charge in [0, 0.05) is 44.1 Å². The lowest BCUT2D eigenvalue weighted by molar-refractivity contribution is 0.636. The van der Waals surface area contributed by atoms with Gasteiger partial charge in [-0.25, -0.2) is 0 Å². The van der Waals surface area contributed by atoms with Crippen LogP contribution in [0.25, 0.3) is 0 Å². The van der Waals surface area contributed by atoms with Gasteiger partial charge in [0.2, 0.25) is 0 Å². The van der Waals surface area contributed by atoms with Gasteiger partial charge < -0.3 is 5.32 Å². The molecule has 0 aromatic carbocycles. The fourth-order valence-electron chi connectivity index (χ4n) is 1.78. The number of nitrogens with zero attached hydrogens (tertiary/aromatic N) is 3. The van der Waals surface area contributed by atoms with E-state index in [0.29, 0.717) is 0 Å². The first kappa shape index (κ1) is 11.8. The van der Waals surface area contributed by atoms with Crippen molar-refractivity contribution in [2.24, 2.45) is 7.05 Å². The average Bonchev–Trinajstić information content (AvgIpc) is 2.71. The van der Waals surface area contributed by atoms with Crippen LogP contribution in [-0.2, 0) is 20.0 Å². The Kier molecular flexibility index (Phi) is 3.88. The van der Waals surface area contributed by atoms with Crippen LogP contribution in [0.1, 0.15) is 17.1 Å². The highest BCUT2D eigenvalue weighted by Gasteiger charge is 1.98. The molecule has 2 aromatic heterocycles. The van der Waals surface area contributed by atoms with Crippen LogP contribution >= 0.6 is 0 Å². The third-order valence-electron chi connectivity index (χ3n) is 2.73. The summed E-state index contributed by atoms with van der Waals surface area (Å²) in [6.07, 6.45) is 2.82. The molecule has 0 saturated heterocycles. The van der Waals surface area contributed by atoms with Crippen molar-refractivity contribution in [3.8, 4) is 0 Å². The zero-order valence-electron chi connectivity index (χ0n) is 10.3. The van der Waals surface area contributed by atoms with E-state index in [2.05, 4.69) is 15.4 Å². The molecule has 1 N–H and O–H groups in total. The van der Waals surface area contributed by atoms with Gasteiger partial charge in [0.15, 0.2) is 0 Å². The molecule has 2 heterocycles. The van der Waals surface area contributed by atoms with Crippen molar-refractivity contribution in [1.29, 1.82) is 0 Å². The van der Waals surface area contributed by atoms with E-state index in [0.717, 1.165) is 30.9 Å². The Balaban J connectivity index is 1.75. The van der Waals surface area contributed by atoms with E-state index in [1.54, 1.807) is 0 Å². The first-order valence-electron chi connectivity index (χ1n) is 5.86. The molecule has 0 saturated carbocycles. The van der Waals surface area contributed by atoms with Gasteiger partial charge in [0.25, 0.3) is 0 Å². The highest BCUT2D eigenvalue weighted by atomic mass is 15.3. The maximum absolute atomic E-state index is 4.45. The Morgan fingerprint density at radius 3 is 2.88 bits per heavy atom. The SMILES string of the molecule is Cc1cccc(CNCCc2ccnn2C)n1. The topological polar surface area (TPSA) is 42.7 Å². The second-order valence-corrected chi connectivity index (χ2v) is 4.14. The smallest absolute Gasteiger partial charge is 0.0544 e. The van der Waals surface area contributed by atoms with Crippen LogP contribution in [0.2, 0.25) is 0 Å². The predicted molar refractivity (Wildman–Crippen MR) is 67.6 cm³/mol. The summed E-state index contributed by atoms with van der Waals surface area (Å²) in [4.78, 5) is 4.45. The number of aromatic nitrogens is 3. The van der Waals surface area contributed by atoms with E-state index >= 15 is 0 Å². The summed E-state index contributed by atoms with van der Waals surface area (Å²) in [5.74, 6) is 0.